The zero-order valence-electron chi connectivity index (χ0n) is 5.94. The van der Waals surface area contributed by atoms with Crippen LogP contribution < -0.4 is 0 Å². The Bertz CT molecular complexity index is 298. The van der Waals surface area contributed by atoms with Crippen molar-refractivity contribution in [3.05, 3.63) is 33.9 Å². The molecular weight excluding hydrogens is 162 g/mol. The first-order chi connectivity index (χ1) is 5.11. The highest BCUT2D eigenvalue weighted by atomic mass is 32.1. The predicted molar refractivity (Wildman–Crippen MR) is 45.1 cm³/mol. The van der Waals surface area contributed by atoms with Gasteiger partial charge in [0.15, 0.2) is 0 Å². The third-order valence-electron chi connectivity index (χ3n) is 1.39. The molecule has 0 spiro atoms. The van der Waals surface area contributed by atoms with E-state index in [0.717, 1.165) is 0 Å². The van der Waals surface area contributed by atoms with Crippen molar-refractivity contribution in [1.82, 2.24) is 0 Å². The molecule has 1 aromatic rings. The molecule has 0 N–H and O–H groups in total. The van der Waals surface area contributed by atoms with E-state index in [0.29, 0.717) is 10.5 Å². The lowest BCUT2D eigenvalue weighted by molar-refractivity contribution is -0.385. The van der Waals surface area contributed by atoms with E-state index < -0.39 is 4.92 Å². The van der Waals surface area contributed by atoms with Gasteiger partial charge in [-0.3, -0.25) is 10.1 Å². The largest absolute Gasteiger partial charge is 0.273 e. The first kappa shape index (κ1) is 8.07. The third-order valence-corrected chi connectivity index (χ3v) is 1.67. The van der Waals surface area contributed by atoms with E-state index in [1.807, 2.05) is 0 Å². The van der Waals surface area contributed by atoms with Crippen molar-refractivity contribution < 1.29 is 4.92 Å². The van der Waals surface area contributed by atoms with E-state index >= 15 is 0 Å². The molecule has 0 aromatic heterocycles. The summed E-state index contributed by atoms with van der Waals surface area (Å²) in [7, 11) is 0. The van der Waals surface area contributed by atoms with Crippen molar-refractivity contribution in [3.8, 4) is 0 Å². The average molecular weight is 169 g/mol. The van der Waals surface area contributed by atoms with Gasteiger partial charge in [-0.25, -0.2) is 0 Å². The Morgan fingerprint density at radius 2 is 2.18 bits per heavy atom. The SMILES string of the molecule is Cc1ccc(S)cc1[N+](=O)[O-]. The molecule has 0 aliphatic rings. The molecule has 0 amide bonds. The monoisotopic (exact) mass is 169 g/mol. The predicted octanol–water partition coefficient (Wildman–Crippen LogP) is 2.19. The van der Waals surface area contributed by atoms with Crippen molar-refractivity contribution in [1.29, 1.82) is 0 Å². The van der Waals surface area contributed by atoms with Crippen molar-refractivity contribution >= 4 is 18.3 Å². The number of nitro groups is 1. The summed E-state index contributed by atoms with van der Waals surface area (Å²) in [6, 6.07) is 4.85. The molecule has 3 nitrogen and oxygen atoms in total. The summed E-state index contributed by atoms with van der Waals surface area (Å²) in [5.74, 6) is 0. The second-order valence-corrected chi connectivity index (χ2v) is 2.74. The van der Waals surface area contributed by atoms with E-state index in [4.69, 9.17) is 0 Å². The van der Waals surface area contributed by atoms with Crippen LogP contribution in [0.15, 0.2) is 23.1 Å². The van der Waals surface area contributed by atoms with Gasteiger partial charge in [-0.1, -0.05) is 6.07 Å². The van der Waals surface area contributed by atoms with Gasteiger partial charge < -0.3 is 0 Å². The zero-order chi connectivity index (χ0) is 8.43. The molecule has 0 saturated carbocycles. The van der Waals surface area contributed by atoms with Crippen LogP contribution in [0.1, 0.15) is 5.56 Å². The summed E-state index contributed by atoms with van der Waals surface area (Å²) in [5, 5.41) is 10.3. The van der Waals surface area contributed by atoms with Gasteiger partial charge in [-0.05, 0) is 13.0 Å². The molecular formula is C7H7NO2S. The quantitative estimate of drug-likeness (QED) is 0.398. The Morgan fingerprint density at radius 3 is 2.64 bits per heavy atom. The van der Waals surface area contributed by atoms with E-state index in [9.17, 15) is 10.1 Å². The molecule has 0 atom stereocenters. The molecule has 11 heavy (non-hydrogen) atoms. The smallest absolute Gasteiger partial charge is 0.258 e. The minimum absolute atomic E-state index is 0.123. The molecule has 0 bridgehead atoms. The van der Waals surface area contributed by atoms with Gasteiger partial charge >= 0.3 is 0 Å². The van der Waals surface area contributed by atoms with Gasteiger partial charge in [-0.15, -0.1) is 12.6 Å². The Kier molecular flexibility index (Phi) is 2.14. The number of hydrogen-bond acceptors (Lipinski definition) is 3. The number of hydrogen-bond donors (Lipinski definition) is 1. The second kappa shape index (κ2) is 2.92. The van der Waals surface area contributed by atoms with Crippen molar-refractivity contribution in [3.63, 3.8) is 0 Å². The topological polar surface area (TPSA) is 43.1 Å². The van der Waals surface area contributed by atoms with Gasteiger partial charge in [0.1, 0.15) is 0 Å². The van der Waals surface area contributed by atoms with Crippen molar-refractivity contribution in [2.45, 2.75) is 11.8 Å². The lowest BCUT2D eigenvalue weighted by Gasteiger charge is -1.96. The molecule has 0 unspecified atom stereocenters. The number of rotatable bonds is 1. The number of thiol groups is 1. The molecule has 58 valence electrons. The molecule has 0 aliphatic carbocycles. The Labute approximate surface area is 69.6 Å². The fourth-order valence-electron chi connectivity index (χ4n) is 0.794. The Morgan fingerprint density at radius 1 is 1.55 bits per heavy atom. The van der Waals surface area contributed by atoms with Crippen LogP contribution in [-0.4, -0.2) is 4.92 Å². The fraction of sp³-hybridized carbons (Fsp3) is 0.143. The zero-order valence-corrected chi connectivity index (χ0v) is 6.84. The summed E-state index contributed by atoms with van der Waals surface area (Å²) in [5.41, 5.74) is 0.783. The maximum absolute atomic E-state index is 10.3. The van der Waals surface area contributed by atoms with Crippen molar-refractivity contribution in [2.24, 2.45) is 0 Å². The van der Waals surface area contributed by atoms with Gasteiger partial charge in [-0.2, -0.15) is 0 Å². The summed E-state index contributed by atoms with van der Waals surface area (Å²) in [6.45, 7) is 1.70. The standard InChI is InChI=1S/C7H7NO2S/c1-5-2-3-6(11)4-7(5)8(9)10/h2-4,11H,1H3. The summed E-state index contributed by atoms with van der Waals surface area (Å²) >= 11 is 3.99. The normalized spacial score (nSPS) is 9.64. The molecule has 1 aromatic carbocycles. The van der Waals surface area contributed by atoms with Crippen LogP contribution in [0.3, 0.4) is 0 Å². The highest BCUT2D eigenvalue weighted by molar-refractivity contribution is 7.80. The Balaban J connectivity index is 3.23. The first-order valence-corrected chi connectivity index (χ1v) is 3.50. The number of aryl methyl sites for hydroxylation is 1. The van der Waals surface area contributed by atoms with Crippen LogP contribution in [0.2, 0.25) is 0 Å². The first-order valence-electron chi connectivity index (χ1n) is 3.05. The number of nitrogens with zero attached hydrogens (tertiary/aromatic N) is 1. The Hall–Kier alpha value is -1.03. The minimum Gasteiger partial charge on any atom is -0.258 e. The number of nitro benzene ring substituents is 1. The maximum Gasteiger partial charge on any atom is 0.273 e. The van der Waals surface area contributed by atoms with E-state index in [1.165, 1.54) is 6.07 Å². The van der Waals surface area contributed by atoms with Crippen LogP contribution >= 0.6 is 12.6 Å². The van der Waals surface area contributed by atoms with Crippen LogP contribution in [-0.2, 0) is 0 Å². The second-order valence-electron chi connectivity index (χ2n) is 2.23. The minimum atomic E-state index is -0.408. The lowest BCUT2D eigenvalue weighted by atomic mass is 10.2. The van der Waals surface area contributed by atoms with Gasteiger partial charge in [0.05, 0.1) is 4.92 Å². The van der Waals surface area contributed by atoms with Gasteiger partial charge in [0, 0.05) is 16.5 Å². The van der Waals surface area contributed by atoms with Crippen LogP contribution in [0.25, 0.3) is 0 Å². The third kappa shape index (κ3) is 1.71. The van der Waals surface area contributed by atoms with Crippen LogP contribution in [0.5, 0.6) is 0 Å². The van der Waals surface area contributed by atoms with E-state index in [2.05, 4.69) is 12.6 Å². The summed E-state index contributed by atoms with van der Waals surface area (Å²) < 4.78 is 0. The molecule has 0 aliphatic heterocycles. The average Bonchev–Trinajstić information content (AvgIpc) is 1.94. The maximum atomic E-state index is 10.3. The van der Waals surface area contributed by atoms with Gasteiger partial charge in [0.25, 0.3) is 5.69 Å². The van der Waals surface area contributed by atoms with Gasteiger partial charge in [0.2, 0.25) is 0 Å². The molecule has 1 rings (SSSR count). The lowest BCUT2D eigenvalue weighted by Crippen LogP contribution is -1.90. The molecule has 0 radical (unpaired) electrons. The molecule has 0 fully saturated rings. The molecule has 0 heterocycles. The van der Waals surface area contributed by atoms with E-state index in [-0.39, 0.29) is 5.69 Å². The number of benzene rings is 1. The van der Waals surface area contributed by atoms with Crippen LogP contribution in [0, 0.1) is 17.0 Å². The fourth-order valence-corrected chi connectivity index (χ4v) is 0.991. The highest BCUT2D eigenvalue weighted by Gasteiger charge is 2.08. The van der Waals surface area contributed by atoms with E-state index in [1.54, 1.807) is 19.1 Å². The summed E-state index contributed by atoms with van der Waals surface area (Å²) in [4.78, 5) is 10.6. The molecule has 4 heteroatoms. The van der Waals surface area contributed by atoms with Crippen LogP contribution in [0.4, 0.5) is 5.69 Å². The van der Waals surface area contributed by atoms with Crippen molar-refractivity contribution in [2.75, 3.05) is 0 Å². The summed E-state index contributed by atoms with van der Waals surface area (Å²) in [6.07, 6.45) is 0. The highest BCUT2D eigenvalue weighted by Crippen LogP contribution is 2.20. The molecule has 0 saturated heterocycles.